The van der Waals surface area contributed by atoms with Crippen LogP contribution in [0.1, 0.15) is 43.1 Å². The number of nitrogens with one attached hydrogen (secondary N) is 1. The summed E-state index contributed by atoms with van der Waals surface area (Å²) in [4.78, 5) is 26.8. The summed E-state index contributed by atoms with van der Waals surface area (Å²) in [6, 6.07) is 26.6. The predicted molar refractivity (Wildman–Crippen MR) is 165 cm³/mol. The van der Waals surface area contributed by atoms with Gasteiger partial charge in [0.2, 0.25) is 5.91 Å². The molecule has 0 fully saturated rings. The average molecular weight is 585 g/mol. The molecule has 214 valence electrons. The maximum absolute atomic E-state index is 14.4. The van der Waals surface area contributed by atoms with Gasteiger partial charge in [0.25, 0.3) is 0 Å². The Morgan fingerprint density at radius 1 is 0.976 bits per heavy atom. The van der Waals surface area contributed by atoms with Crippen molar-refractivity contribution < 1.29 is 18.7 Å². The summed E-state index contributed by atoms with van der Waals surface area (Å²) in [5.41, 5.74) is 4.15. The summed E-state index contributed by atoms with van der Waals surface area (Å²) < 4.78 is 20.6. The number of amides is 1. The Kier molecular flexibility index (Phi) is 8.54. The zero-order valence-corrected chi connectivity index (χ0v) is 24.2. The molecule has 5 rings (SSSR count). The fourth-order valence-electron chi connectivity index (χ4n) is 4.68. The SMILES string of the molecule is CCC(=O)Nc1ccc(N2C(C(C)=O)=NN(c3ccc(C)cc3)[C@@H]2c2cc(Cl)ccc2OCc2ccccc2F)cc1. The highest BCUT2D eigenvalue weighted by Crippen LogP contribution is 2.43. The Morgan fingerprint density at radius 2 is 1.67 bits per heavy atom. The van der Waals surface area contributed by atoms with Gasteiger partial charge >= 0.3 is 0 Å². The first-order chi connectivity index (χ1) is 20.2. The van der Waals surface area contributed by atoms with E-state index in [-0.39, 0.29) is 30.0 Å². The maximum Gasteiger partial charge on any atom is 0.224 e. The summed E-state index contributed by atoms with van der Waals surface area (Å²) >= 11 is 6.53. The lowest BCUT2D eigenvalue weighted by Crippen LogP contribution is -2.38. The minimum atomic E-state index is -0.683. The summed E-state index contributed by atoms with van der Waals surface area (Å²) in [5.74, 6) is -0.0375. The van der Waals surface area contributed by atoms with Gasteiger partial charge in [-0.1, -0.05) is 54.4 Å². The van der Waals surface area contributed by atoms with Gasteiger partial charge in [0.15, 0.2) is 17.8 Å². The van der Waals surface area contributed by atoms with Crippen LogP contribution < -0.4 is 20.0 Å². The zero-order chi connectivity index (χ0) is 29.8. The van der Waals surface area contributed by atoms with Gasteiger partial charge in [0.05, 0.1) is 5.69 Å². The minimum Gasteiger partial charge on any atom is -0.488 e. The van der Waals surface area contributed by atoms with E-state index < -0.39 is 6.17 Å². The van der Waals surface area contributed by atoms with Crippen LogP contribution in [0.4, 0.5) is 21.5 Å². The highest BCUT2D eigenvalue weighted by molar-refractivity contribution is 6.44. The van der Waals surface area contributed by atoms with E-state index in [0.29, 0.717) is 39.7 Å². The number of carbonyl (C=O) groups excluding carboxylic acids is 2. The fraction of sp³-hybridized carbons (Fsp3) is 0.182. The number of ether oxygens (including phenoxy) is 1. The lowest BCUT2D eigenvalue weighted by Gasteiger charge is -2.33. The maximum atomic E-state index is 14.4. The second-order valence-electron chi connectivity index (χ2n) is 9.91. The van der Waals surface area contributed by atoms with Crippen LogP contribution in [0.3, 0.4) is 0 Å². The molecule has 7 nitrogen and oxygen atoms in total. The van der Waals surface area contributed by atoms with Gasteiger partial charge in [-0.2, -0.15) is 0 Å². The zero-order valence-electron chi connectivity index (χ0n) is 23.5. The number of hydrogen-bond donors (Lipinski definition) is 1. The predicted octanol–water partition coefficient (Wildman–Crippen LogP) is 7.64. The van der Waals surface area contributed by atoms with Crippen molar-refractivity contribution in [2.75, 3.05) is 15.2 Å². The molecule has 0 aromatic heterocycles. The number of amidine groups is 1. The lowest BCUT2D eigenvalue weighted by atomic mass is 10.1. The van der Waals surface area contributed by atoms with Crippen LogP contribution in [0.5, 0.6) is 5.75 Å². The fourth-order valence-corrected chi connectivity index (χ4v) is 4.86. The van der Waals surface area contributed by atoms with Crippen molar-refractivity contribution in [1.82, 2.24) is 0 Å². The second kappa shape index (κ2) is 12.4. The van der Waals surface area contributed by atoms with E-state index in [9.17, 15) is 14.0 Å². The van der Waals surface area contributed by atoms with Crippen LogP contribution in [0, 0.1) is 12.7 Å². The molecule has 0 saturated heterocycles. The number of hydrogen-bond acceptors (Lipinski definition) is 6. The molecule has 1 aliphatic heterocycles. The van der Waals surface area contributed by atoms with Crippen molar-refractivity contribution >= 4 is 46.2 Å². The molecule has 1 atom stereocenters. The minimum absolute atomic E-state index is 0.00912. The van der Waals surface area contributed by atoms with E-state index in [1.165, 1.54) is 13.0 Å². The highest BCUT2D eigenvalue weighted by atomic mass is 35.5. The smallest absolute Gasteiger partial charge is 0.224 e. The molecule has 0 aliphatic carbocycles. The number of benzene rings is 4. The number of anilines is 3. The van der Waals surface area contributed by atoms with Crippen molar-refractivity contribution in [3.63, 3.8) is 0 Å². The molecular weight excluding hydrogens is 555 g/mol. The van der Waals surface area contributed by atoms with Crippen molar-refractivity contribution in [1.29, 1.82) is 0 Å². The van der Waals surface area contributed by atoms with E-state index in [4.69, 9.17) is 21.4 Å². The van der Waals surface area contributed by atoms with E-state index in [2.05, 4.69) is 5.32 Å². The van der Waals surface area contributed by atoms with Crippen LogP contribution in [-0.2, 0) is 16.2 Å². The first-order valence-electron chi connectivity index (χ1n) is 13.6. The van der Waals surface area contributed by atoms with E-state index in [1.54, 1.807) is 60.5 Å². The normalized spacial score (nSPS) is 14.5. The van der Waals surface area contributed by atoms with Crippen LogP contribution in [0.25, 0.3) is 0 Å². The van der Waals surface area contributed by atoms with E-state index in [1.807, 2.05) is 48.2 Å². The quantitative estimate of drug-likeness (QED) is 0.219. The van der Waals surface area contributed by atoms with Gasteiger partial charge in [-0.05, 0) is 67.6 Å². The summed E-state index contributed by atoms with van der Waals surface area (Å²) in [6.07, 6.45) is -0.329. The average Bonchev–Trinajstić information content (AvgIpc) is 3.39. The first kappa shape index (κ1) is 28.8. The van der Waals surface area contributed by atoms with Crippen molar-refractivity contribution in [3.05, 3.63) is 119 Å². The molecule has 0 bridgehead atoms. The Labute approximate surface area is 249 Å². The Bertz CT molecular complexity index is 1640. The third kappa shape index (κ3) is 6.14. The number of aryl methyl sites for hydroxylation is 1. The van der Waals surface area contributed by atoms with Crippen molar-refractivity contribution in [3.8, 4) is 5.75 Å². The summed E-state index contributed by atoms with van der Waals surface area (Å²) in [6.45, 7) is 5.23. The summed E-state index contributed by atoms with van der Waals surface area (Å²) in [5, 5.41) is 9.85. The Balaban J connectivity index is 1.62. The lowest BCUT2D eigenvalue weighted by molar-refractivity contribution is -0.116. The molecule has 42 heavy (non-hydrogen) atoms. The topological polar surface area (TPSA) is 74.2 Å². The number of carbonyl (C=O) groups is 2. The number of Topliss-reactive ketones (excluding diaryl/α,β-unsaturated/α-hetero) is 1. The standard InChI is InChI=1S/C33H30ClFN4O3/c1-4-31(41)36-25-12-16-26(17-13-25)38-32(22(3)40)37-39(27-14-9-21(2)10-15-27)33(38)28-19-24(34)11-18-30(28)42-20-23-7-5-6-8-29(23)35/h5-19,33H,4,20H2,1-3H3,(H,36,41)/t33-/m1/s1. The molecule has 0 unspecified atom stereocenters. The third-order valence-corrected chi connectivity index (χ3v) is 7.10. The van der Waals surface area contributed by atoms with Crippen LogP contribution in [0.15, 0.2) is 96.1 Å². The molecule has 1 aliphatic rings. The molecule has 1 amide bonds. The number of hydrazone groups is 1. The first-order valence-corrected chi connectivity index (χ1v) is 13.9. The van der Waals surface area contributed by atoms with Gasteiger partial charge in [0.1, 0.15) is 18.2 Å². The number of halogens is 2. The molecular formula is C33H30ClFN4O3. The summed E-state index contributed by atoms with van der Waals surface area (Å²) in [7, 11) is 0. The van der Waals surface area contributed by atoms with Crippen molar-refractivity contribution in [2.24, 2.45) is 5.10 Å². The van der Waals surface area contributed by atoms with Crippen LogP contribution in [0.2, 0.25) is 5.02 Å². The molecule has 0 radical (unpaired) electrons. The third-order valence-electron chi connectivity index (χ3n) is 6.86. The van der Waals surface area contributed by atoms with Crippen molar-refractivity contribution in [2.45, 2.75) is 40.0 Å². The molecule has 4 aromatic carbocycles. The van der Waals surface area contributed by atoms with Gasteiger partial charge in [-0.3, -0.25) is 14.5 Å². The largest absolute Gasteiger partial charge is 0.488 e. The number of rotatable bonds is 9. The molecule has 4 aromatic rings. The van der Waals surface area contributed by atoms with Gasteiger partial charge < -0.3 is 10.1 Å². The van der Waals surface area contributed by atoms with Crippen LogP contribution in [-0.4, -0.2) is 17.5 Å². The highest BCUT2D eigenvalue weighted by Gasteiger charge is 2.41. The molecule has 1 heterocycles. The van der Waals surface area contributed by atoms with Gasteiger partial charge in [-0.25, -0.2) is 9.40 Å². The number of nitrogens with zero attached hydrogens (tertiary/aromatic N) is 3. The number of ketones is 1. The van der Waals surface area contributed by atoms with E-state index >= 15 is 0 Å². The monoisotopic (exact) mass is 584 g/mol. The van der Waals surface area contributed by atoms with Gasteiger partial charge in [-0.15, -0.1) is 5.10 Å². The van der Waals surface area contributed by atoms with E-state index in [0.717, 1.165) is 11.3 Å². The molecule has 0 spiro atoms. The van der Waals surface area contributed by atoms with Gasteiger partial charge in [0, 0.05) is 40.9 Å². The van der Waals surface area contributed by atoms with Crippen LogP contribution >= 0.6 is 11.6 Å². The molecule has 1 N–H and O–H groups in total. The molecule has 9 heteroatoms. The Hall–Kier alpha value is -4.69. The molecule has 0 saturated carbocycles. The Morgan fingerprint density at radius 3 is 2.33 bits per heavy atom. The second-order valence-corrected chi connectivity index (χ2v) is 10.4.